The number of hydrogen-bond acceptors (Lipinski definition) is 6. The summed E-state index contributed by atoms with van der Waals surface area (Å²) in [6, 6.07) is 8.31. The lowest BCUT2D eigenvalue weighted by Gasteiger charge is -2.31. The van der Waals surface area contributed by atoms with Gasteiger partial charge in [-0.3, -0.25) is 14.9 Å². The zero-order valence-electron chi connectivity index (χ0n) is 19.3. The highest BCUT2D eigenvalue weighted by Crippen LogP contribution is 2.22. The predicted octanol–water partition coefficient (Wildman–Crippen LogP) is 3.07. The Labute approximate surface area is 185 Å². The van der Waals surface area contributed by atoms with Gasteiger partial charge in [-0.2, -0.15) is 0 Å². The van der Waals surface area contributed by atoms with Crippen LogP contribution in [0.2, 0.25) is 0 Å². The van der Waals surface area contributed by atoms with Crippen molar-refractivity contribution in [2.45, 2.75) is 78.2 Å². The van der Waals surface area contributed by atoms with E-state index in [0.717, 1.165) is 18.4 Å². The van der Waals surface area contributed by atoms with Crippen molar-refractivity contribution in [1.82, 2.24) is 10.2 Å². The summed E-state index contributed by atoms with van der Waals surface area (Å²) >= 11 is 0. The lowest BCUT2D eigenvalue weighted by molar-refractivity contribution is -0.157. The van der Waals surface area contributed by atoms with Gasteiger partial charge < -0.3 is 14.4 Å². The van der Waals surface area contributed by atoms with E-state index in [4.69, 9.17) is 9.47 Å². The van der Waals surface area contributed by atoms with E-state index < -0.39 is 23.7 Å². The molecular weight excluding hydrogens is 396 g/mol. The number of nitrogens with one attached hydrogen (secondary N) is 1. The molecule has 1 aromatic rings. The number of esters is 2. The fourth-order valence-electron chi connectivity index (χ4n) is 3.62. The van der Waals surface area contributed by atoms with E-state index in [-0.39, 0.29) is 30.9 Å². The first-order valence-electron chi connectivity index (χ1n) is 11.1. The lowest BCUT2D eigenvalue weighted by Crippen LogP contribution is -2.54. The van der Waals surface area contributed by atoms with Crippen molar-refractivity contribution in [3.63, 3.8) is 0 Å². The molecule has 2 rings (SSSR count). The van der Waals surface area contributed by atoms with Gasteiger partial charge in [0.1, 0.15) is 18.2 Å². The van der Waals surface area contributed by atoms with E-state index in [1.165, 1.54) is 0 Å². The molecule has 1 amide bonds. The minimum Gasteiger partial charge on any atom is -0.459 e. The first-order valence-corrected chi connectivity index (χ1v) is 11.1. The molecule has 172 valence electrons. The van der Waals surface area contributed by atoms with Crippen molar-refractivity contribution in [1.29, 1.82) is 0 Å². The summed E-state index contributed by atoms with van der Waals surface area (Å²) in [5.74, 6) is -0.966. The third kappa shape index (κ3) is 7.65. The van der Waals surface area contributed by atoms with Crippen molar-refractivity contribution < 1.29 is 23.9 Å². The van der Waals surface area contributed by atoms with E-state index in [2.05, 4.69) is 5.32 Å². The van der Waals surface area contributed by atoms with E-state index in [9.17, 15) is 14.4 Å². The second kappa shape index (κ2) is 11.3. The fourth-order valence-corrected chi connectivity index (χ4v) is 3.62. The molecule has 1 aliphatic rings. The van der Waals surface area contributed by atoms with Gasteiger partial charge in [0.2, 0.25) is 5.91 Å². The summed E-state index contributed by atoms with van der Waals surface area (Å²) < 4.78 is 10.8. The Morgan fingerprint density at radius 2 is 1.87 bits per heavy atom. The molecule has 3 atom stereocenters. The first-order chi connectivity index (χ1) is 14.6. The molecule has 0 saturated carbocycles. The largest absolute Gasteiger partial charge is 0.459 e. The van der Waals surface area contributed by atoms with E-state index in [1.54, 1.807) is 25.7 Å². The molecular formula is C24H36N2O5. The predicted molar refractivity (Wildman–Crippen MR) is 118 cm³/mol. The summed E-state index contributed by atoms with van der Waals surface area (Å²) in [5, 5.41) is 3.07. The summed E-state index contributed by atoms with van der Waals surface area (Å²) in [5.41, 5.74) is 0.320. The molecule has 0 radical (unpaired) electrons. The summed E-state index contributed by atoms with van der Waals surface area (Å²) in [6.45, 7) is 10.00. The van der Waals surface area contributed by atoms with Gasteiger partial charge in [0, 0.05) is 6.54 Å². The van der Waals surface area contributed by atoms with Gasteiger partial charge in [-0.15, -0.1) is 0 Å². The fraction of sp³-hybridized carbons (Fsp3) is 0.625. The Balaban J connectivity index is 2.01. The molecule has 1 heterocycles. The molecule has 1 saturated heterocycles. The number of benzene rings is 1. The van der Waals surface area contributed by atoms with Crippen molar-refractivity contribution in [3.05, 3.63) is 35.9 Å². The maximum absolute atomic E-state index is 13.3. The first kappa shape index (κ1) is 24.9. The van der Waals surface area contributed by atoms with Crippen molar-refractivity contribution in [2.75, 3.05) is 13.1 Å². The van der Waals surface area contributed by atoms with Crippen LogP contribution in [0.4, 0.5) is 0 Å². The zero-order chi connectivity index (χ0) is 23.0. The summed E-state index contributed by atoms with van der Waals surface area (Å²) in [7, 11) is 0. The second-order valence-corrected chi connectivity index (χ2v) is 9.11. The maximum atomic E-state index is 13.3. The van der Waals surface area contributed by atoms with Crippen LogP contribution < -0.4 is 5.32 Å². The Hall–Kier alpha value is -2.41. The summed E-state index contributed by atoms with van der Waals surface area (Å²) in [4.78, 5) is 39.8. The van der Waals surface area contributed by atoms with Crippen LogP contribution in [0, 0.1) is 5.92 Å². The molecule has 1 fully saturated rings. The Morgan fingerprint density at radius 1 is 1.19 bits per heavy atom. The Bertz CT molecular complexity index is 744. The number of nitrogens with zero attached hydrogens (tertiary/aromatic N) is 1. The number of carbonyl (C=O) groups excluding carboxylic acids is 3. The van der Waals surface area contributed by atoms with Crippen LogP contribution in [0.1, 0.15) is 59.4 Å². The number of hydrogen-bond donors (Lipinski definition) is 1. The van der Waals surface area contributed by atoms with Gasteiger partial charge in [-0.1, -0.05) is 50.6 Å². The van der Waals surface area contributed by atoms with Gasteiger partial charge in [0.05, 0.1) is 12.6 Å². The Kier molecular flexibility index (Phi) is 9.04. The number of ether oxygens (including phenoxy) is 2. The minimum absolute atomic E-state index is 0.00322. The second-order valence-electron chi connectivity index (χ2n) is 9.11. The van der Waals surface area contributed by atoms with E-state index in [1.807, 2.05) is 44.2 Å². The van der Waals surface area contributed by atoms with Crippen molar-refractivity contribution in [3.8, 4) is 0 Å². The molecule has 2 unspecified atom stereocenters. The minimum atomic E-state index is -0.592. The standard InChI is InChI=1S/C24H36N2O5/c1-6-17(2)21(25-15-20(27)31-24(3,4)5)22(28)26-14-10-13-19(26)23(29)30-16-18-11-8-7-9-12-18/h7-9,11-12,17,19,21,25H,6,10,13-16H2,1-5H3/t17?,19-,21?/m0/s1. The SMILES string of the molecule is CCC(C)C(NCC(=O)OC(C)(C)C)C(=O)N1CCC[C@H]1C(=O)OCc1ccccc1. The quantitative estimate of drug-likeness (QED) is 0.604. The molecule has 0 spiro atoms. The van der Waals surface area contributed by atoms with Crippen LogP contribution in [-0.2, 0) is 30.5 Å². The Morgan fingerprint density at radius 3 is 2.48 bits per heavy atom. The molecule has 0 aromatic heterocycles. The molecule has 1 N–H and O–H groups in total. The molecule has 7 nitrogen and oxygen atoms in total. The molecule has 7 heteroatoms. The molecule has 1 aliphatic heterocycles. The number of likely N-dealkylation sites (tertiary alicyclic amines) is 1. The molecule has 0 bridgehead atoms. The monoisotopic (exact) mass is 432 g/mol. The highest BCUT2D eigenvalue weighted by atomic mass is 16.6. The molecule has 31 heavy (non-hydrogen) atoms. The van der Waals surface area contributed by atoms with Gasteiger partial charge in [0.25, 0.3) is 0 Å². The normalized spacial score (nSPS) is 18.4. The highest BCUT2D eigenvalue weighted by Gasteiger charge is 2.39. The van der Waals surface area contributed by atoms with E-state index in [0.29, 0.717) is 13.0 Å². The zero-order valence-corrected chi connectivity index (χ0v) is 19.3. The van der Waals surface area contributed by atoms with Gasteiger partial charge in [-0.25, -0.2) is 4.79 Å². The van der Waals surface area contributed by atoms with Crippen LogP contribution in [-0.4, -0.2) is 53.5 Å². The summed E-state index contributed by atoms with van der Waals surface area (Å²) in [6.07, 6.45) is 2.09. The van der Waals surface area contributed by atoms with Crippen molar-refractivity contribution >= 4 is 17.8 Å². The number of amides is 1. The maximum Gasteiger partial charge on any atom is 0.329 e. The van der Waals surface area contributed by atoms with E-state index >= 15 is 0 Å². The number of carbonyl (C=O) groups is 3. The highest BCUT2D eigenvalue weighted by molar-refractivity contribution is 5.88. The van der Waals surface area contributed by atoms with Crippen LogP contribution in [0.5, 0.6) is 0 Å². The van der Waals surface area contributed by atoms with Gasteiger partial charge in [-0.05, 0) is 45.1 Å². The molecule has 0 aliphatic carbocycles. The molecule has 1 aromatic carbocycles. The van der Waals surface area contributed by atoms with Gasteiger partial charge in [0.15, 0.2) is 0 Å². The third-order valence-electron chi connectivity index (χ3n) is 5.40. The van der Waals surface area contributed by atoms with Crippen LogP contribution in [0.3, 0.4) is 0 Å². The van der Waals surface area contributed by atoms with Crippen LogP contribution in [0.15, 0.2) is 30.3 Å². The smallest absolute Gasteiger partial charge is 0.329 e. The topological polar surface area (TPSA) is 84.9 Å². The van der Waals surface area contributed by atoms with Crippen LogP contribution >= 0.6 is 0 Å². The van der Waals surface area contributed by atoms with Crippen molar-refractivity contribution in [2.24, 2.45) is 5.92 Å². The average molecular weight is 433 g/mol. The number of rotatable bonds is 9. The third-order valence-corrected chi connectivity index (χ3v) is 5.40. The van der Waals surface area contributed by atoms with Gasteiger partial charge >= 0.3 is 11.9 Å². The van der Waals surface area contributed by atoms with Crippen LogP contribution in [0.25, 0.3) is 0 Å². The average Bonchev–Trinajstić information content (AvgIpc) is 3.21. The lowest BCUT2D eigenvalue weighted by atomic mass is 9.97.